The van der Waals surface area contributed by atoms with Crippen LogP contribution < -0.4 is 4.74 Å². The third kappa shape index (κ3) is 3.72. The highest BCUT2D eigenvalue weighted by Gasteiger charge is 2.15. The average Bonchev–Trinajstić information content (AvgIpc) is 2.48. The van der Waals surface area contributed by atoms with Gasteiger partial charge in [-0.2, -0.15) is 0 Å². The van der Waals surface area contributed by atoms with E-state index in [9.17, 15) is 0 Å². The van der Waals surface area contributed by atoms with E-state index in [1.165, 1.54) is 32.1 Å². The molecular weight excluding hydrogens is 238 g/mol. The fourth-order valence-corrected chi connectivity index (χ4v) is 2.71. The van der Waals surface area contributed by atoms with Gasteiger partial charge in [-0.25, -0.2) is 0 Å². The summed E-state index contributed by atoms with van der Waals surface area (Å²) in [5, 5.41) is 12.4. The molecular formula is C16H23NO2. The molecule has 0 bridgehead atoms. The van der Waals surface area contributed by atoms with E-state index in [2.05, 4.69) is 5.16 Å². The Labute approximate surface area is 115 Å². The third-order valence-electron chi connectivity index (χ3n) is 3.85. The number of hydrogen-bond acceptors (Lipinski definition) is 3. The fraction of sp³-hybridized carbons (Fsp3) is 0.562. The molecule has 104 valence electrons. The van der Waals surface area contributed by atoms with Crippen molar-refractivity contribution in [2.24, 2.45) is 11.1 Å². The Bertz CT molecular complexity index is 423. The summed E-state index contributed by atoms with van der Waals surface area (Å²) in [7, 11) is 0. The SMILES string of the molecule is CC/C(=N\O)c1ccccc1OCC1CCCCC1. The van der Waals surface area contributed by atoms with Gasteiger partial charge in [0.05, 0.1) is 12.3 Å². The summed E-state index contributed by atoms with van der Waals surface area (Å²) in [6, 6.07) is 7.82. The summed E-state index contributed by atoms with van der Waals surface area (Å²) in [6.07, 6.45) is 7.26. The van der Waals surface area contributed by atoms with E-state index in [0.717, 1.165) is 17.9 Å². The third-order valence-corrected chi connectivity index (χ3v) is 3.85. The fourth-order valence-electron chi connectivity index (χ4n) is 2.71. The molecule has 1 aromatic rings. The zero-order valence-electron chi connectivity index (χ0n) is 11.6. The Morgan fingerprint density at radius 2 is 2.00 bits per heavy atom. The highest BCUT2D eigenvalue weighted by atomic mass is 16.5. The van der Waals surface area contributed by atoms with Crippen LogP contribution in [0, 0.1) is 5.92 Å². The van der Waals surface area contributed by atoms with Crippen LogP contribution in [0.3, 0.4) is 0 Å². The van der Waals surface area contributed by atoms with Gasteiger partial charge in [-0.1, -0.05) is 43.5 Å². The molecule has 0 amide bonds. The summed E-state index contributed by atoms with van der Waals surface area (Å²) >= 11 is 0. The Balaban J connectivity index is 2.03. The van der Waals surface area contributed by atoms with E-state index in [0.29, 0.717) is 18.1 Å². The van der Waals surface area contributed by atoms with Crippen molar-refractivity contribution >= 4 is 5.71 Å². The molecule has 0 aliphatic heterocycles. The minimum absolute atomic E-state index is 0.679. The lowest BCUT2D eigenvalue weighted by atomic mass is 9.90. The molecule has 19 heavy (non-hydrogen) atoms. The van der Waals surface area contributed by atoms with Crippen molar-refractivity contribution in [1.29, 1.82) is 0 Å². The molecule has 1 aromatic carbocycles. The Hall–Kier alpha value is -1.51. The minimum Gasteiger partial charge on any atom is -0.493 e. The normalized spacial score (nSPS) is 17.4. The van der Waals surface area contributed by atoms with Gasteiger partial charge in [0.1, 0.15) is 5.75 Å². The number of hydrogen-bond donors (Lipinski definition) is 1. The maximum Gasteiger partial charge on any atom is 0.128 e. The monoisotopic (exact) mass is 261 g/mol. The van der Waals surface area contributed by atoms with Gasteiger partial charge >= 0.3 is 0 Å². The molecule has 3 nitrogen and oxygen atoms in total. The molecule has 0 saturated heterocycles. The topological polar surface area (TPSA) is 41.8 Å². The average molecular weight is 261 g/mol. The highest BCUT2D eigenvalue weighted by molar-refractivity contribution is 6.02. The lowest BCUT2D eigenvalue weighted by molar-refractivity contribution is 0.208. The van der Waals surface area contributed by atoms with Crippen molar-refractivity contribution in [2.45, 2.75) is 45.4 Å². The predicted octanol–water partition coefficient (Wildman–Crippen LogP) is 4.23. The van der Waals surface area contributed by atoms with Gasteiger partial charge in [0.2, 0.25) is 0 Å². The molecule has 0 spiro atoms. The zero-order chi connectivity index (χ0) is 13.5. The molecule has 0 unspecified atom stereocenters. The first kappa shape index (κ1) is 13.9. The Morgan fingerprint density at radius 1 is 1.26 bits per heavy atom. The van der Waals surface area contributed by atoms with Crippen LogP contribution in [0.15, 0.2) is 29.4 Å². The lowest BCUT2D eigenvalue weighted by Gasteiger charge is -2.22. The molecule has 1 saturated carbocycles. The van der Waals surface area contributed by atoms with Crippen LogP contribution in [0.25, 0.3) is 0 Å². The number of nitrogens with zero attached hydrogens (tertiary/aromatic N) is 1. The standard InChI is InChI=1S/C16H23NO2/c1-2-15(17-18)14-10-6-7-11-16(14)19-12-13-8-4-3-5-9-13/h6-7,10-11,13,18H,2-5,8-9,12H2,1H3/b17-15+. The second kappa shape index (κ2) is 7.17. The maximum absolute atomic E-state index is 9.05. The molecule has 0 atom stereocenters. The minimum atomic E-state index is 0.679. The van der Waals surface area contributed by atoms with Crippen LogP contribution in [0.1, 0.15) is 51.0 Å². The van der Waals surface area contributed by atoms with Crippen molar-refractivity contribution in [3.05, 3.63) is 29.8 Å². The molecule has 0 aromatic heterocycles. The molecule has 0 heterocycles. The van der Waals surface area contributed by atoms with E-state index in [4.69, 9.17) is 9.94 Å². The summed E-state index contributed by atoms with van der Waals surface area (Å²) in [4.78, 5) is 0. The Morgan fingerprint density at radius 3 is 2.68 bits per heavy atom. The zero-order valence-corrected chi connectivity index (χ0v) is 11.6. The number of para-hydroxylation sites is 1. The number of ether oxygens (including phenoxy) is 1. The molecule has 1 aliphatic carbocycles. The Kier molecular flexibility index (Phi) is 5.25. The molecule has 1 fully saturated rings. The summed E-state index contributed by atoms with van der Waals surface area (Å²) in [5.74, 6) is 1.51. The van der Waals surface area contributed by atoms with Gasteiger partial charge in [0.15, 0.2) is 0 Å². The smallest absolute Gasteiger partial charge is 0.128 e. The van der Waals surface area contributed by atoms with E-state index < -0.39 is 0 Å². The molecule has 0 radical (unpaired) electrons. The van der Waals surface area contributed by atoms with Crippen molar-refractivity contribution < 1.29 is 9.94 Å². The number of benzene rings is 1. The quantitative estimate of drug-likeness (QED) is 0.489. The van der Waals surface area contributed by atoms with E-state index in [-0.39, 0.29) is 0 Å². The number of oxime groups is 1. The first-order valence-corrected chi connectivity index (χ1v) is 7.28. The van der Waals surface area contributed by atoms with Crippen LogP contribution in [-0.4, -0.2) is 17.5 Å². The predicted molar refractivity (Wildman–Crippen MR) is 77.1 cm³/mol. The van der Waals surface area contributed by atoms with Crippen molar-refractivity contribution in [3.63, 3.8) is 0 Å². The van der Waals surface area contributed by atoms with E-state index in [1.807, 2.05) is 31.2 Å². The van der Waals surface area contributed by atoms with Crippen LogP contribution in [-0.2, 0) is 0 Å². The van der Waals surface area contributed by atoms with Crippen molar-refractivity contribution in [3.8, 4) is 5.75 Å². The van der Waals surface area contributed by atoms with E-state index in [1.54, 1.807) is 0 Å². The van der Waals surface area contributed by atoms with Gasteiger partial charge in [-0.05, 0) is 37.3 Å². The summed E-state index contributed by atoms with van der Waals surface area (Å²) in [6.45, 7) is 2.76. The van der Waals surface area contributed by atoms with Crippen LogP contribution >= 0.6 is 0 Å². The van der Waals surface area contributed by atoms with Crippen LogP contribution in [0.4, 0.5) is 0 Å². The van der Waals surface area contributed by atoms with Gasteiger partial charge in [0.25, 0.3) is 0 Å². The molecule has 2 rings (SSSR count). The molecule has 1 N–H and O–H groups in total. The summed E-state index contributed by atoms with van der Waals surface area (Å²) in [5.41, 5.74) is 1.59. The second-order valence-corrected chi connectivity index (χ2v) is 5.21. The summed E-state index contributed by atoms with van der Waals surface area (Å²) < 4.78 is 5.97. The largest absolute Gasteiger partial charge is 0.493 e. The van der Waals surface area contributed by atoms with Crippen molar-refractivity contribution in [2.75, 3.05) is 6.61 Å². The van der Waals surface area contributed by atoms with Crippen LogP contribution in [0.5, 0.6) is 5.75 Å². The number of rotatable bonds is 5. The lowest BCUT2D eigenvalue weighted by Crippen LogP contribution is -2.16. The highest BCUT2D eigenvalue weighted by Crippen LogP contribution is 2.26. The van der Waals surface area contributed by atoms with Gasteiger partial charge in [-0.15, -0.1) is 0 Å². The van der Waals surface area contributed by atoms with Gasteiger partial charge in [0, 0.05) is 5.56 Å². The second-order valence-electron chi connectivity index (χ2n) is 5.21. The van der Waals surface area contributed by atoms with Crippen LogP contribution in [0.2, 0.25) is 0 Å². The molecule has 1 aliphatic rings. The molecule has 3 heteroatoms. The van der Waals surface area contributed by atoms with Gasteiger partial charge in [-0.3, -0.25) is 0 Å². The van der Waals surface area contributed by atoms with Gasteiger partial charge < -0.3 is 9.94 Å². The van der Waals surface area contributed by atoms with E-state index >= 15 is 0 Å². The maximum atomic E-state index is 9.05. The van der Waals surface area contributed by atoms with Crippen molar-refractivity contribution in [1.82, 2.24) is 0 Å². The first-order chi connectivity index (χ1) is 9.35. The first-order valence-electron chi connectivity index (χ1n) is 7.28.